The van der Waals surface area contributed by atoms with E-state index in [-0.39, 0.29) is 11.7 Å². The van der Waals surface area contributed by atoms with Crippen LogP contribution in [0, 0.1) is 0 Å². The molecule has 2 rings (SSSR count). The number of ether oxygens (including phenoxy) is 1. The molecule has 1 fully saturated rings. The number of anilines is 1. The van der Waals surface area contributed by atoms with Gasteiger partial charge in [-0.25, -0.2) is 4.79 Å². The van der Waals surface area contributed by atoms with Crippen molar-refractivity contribution in [1.29, 1.82) is 0 Å². The number of carboxylic acid groups (broad SMARTS) is 1. The highest BCUT2D eigenvalue weighted by atomic mass is 35.5. The summed E-state index contributed by atoms with van der Waals surface area (Å²) in [7, 11) is 1.94. The third kappa shape index (κ3) is 3.61. The second-order valence-electron chi connectivity index (χ2n) is 4.84. The maximum atomic E-state index is 10.9. The van der Waals surface area contributed by atoms with Gasteiger partial charge in [-0.15, -0.1) is 0 Å². The number of aromatic carboxylic acids is 1. The minimum absolute atomic E-state index is 0.205. The van der Waals surface area contributed by atoms with E-state index in [0.717, 1.165) is 31.7 Å². The quantitative estimate of drug-likeness (QED) is 0.923. The van der Waals surface area contributed by atoms with Gasteiger partial charge in [-0.05, 0) is 37.5 Å². The molecule has 0 aromatic heterocycles. The predicted molar refractivity (Wildman–Crippen MR) is 75.3 cm³/mol. The number of likely N-dealkylation sites (N-methyl/N-ethyl adjacent to an activating group) is 1. The average molecular weight is 284 g/mol. The zero-order chi connectivity index (χ0) is 13.8. The molecule has 1 aliphatic heterocycles. The fraction of sp³-hybridized carbons (Fsp3) is 0.500. The topological polar surface area (TPSA) is 49.8 Å². The van der Waals surface area contributed by atoms with Gasteiger partial charge in [0.15, 0.2) is 0 Å². The molecule has 0 aliphatic carbocycles. The van der Waals surface area contributed by atoms with Gasteiger partial charge in [-0.2, -0.15) is 0 Å². The summed E-state index contributed by atoms with van der Waals surface area (Å²) in [6, 6.07) is 4.80. The summed E-state index contributed by atoms with van der Waals surface area (Å²) in [5.74, 6) is -0.966. The molecule has 0 spiro atoms. The molecule has 5 heteroatoms. The fourth-order valence-corrected chi connectivity index (χ4v) is 2.63. The minimum atomic E-state index is -0.966. The van der Waals surface area contributed by atoms with Crippen molar-refractivity contribution in [1.82, 2.24) is 0 Å². The largest absolute Gasteiger partial charge is 0.478 e. The first-order chi connectivity index (χ1) is 9.08. The Bertz CT molecular complexity index is 458. The number of benzene rings is 1. The van der Waals surface area contributed by atoms with E-state index >= 15 is 0 Å². The van der Waals surface area contributed by atoms with Gasteiger partial charge in [-0.3, -0.25) is 0 Å². The van der Waals surface area contributed by atoms with Crippen LogP contribution >= 0.6 is 11.6 Å². The summed E-state index contributed by atoms with van der Waals surface area (Å²) >= 11 is 6.14. The van der Waals surface area contributed by atoms with Crippen LogP contribution in [-0.2, 0) is 4.74 Å². The smallest absolute Gasteiger partial charge is 0.335 e. The summed E-state index contributed by atoms with van der Waals surface area (Å²) in [6.07, 6.45) is 3.63. The molecule has 0 bridgehead atoms. The standard InChI is InChI=1S/C14H18ClNO3/c1-16(9-11-4-2-3-7-19-11)13-6-5-10(14(17)18)8-12(13)15/h5-6,8,11H,2-4,7,9H2,1H3,(H,17,18). The lowest BCUT2D eigenvalue weighted by atomic mass is 10.1. The molecule has 1 aromatic rings. The third-order valence-electron chi connectivity index (χ3n) is 3.36. The van der Waals surface area contributed by atoms with Gasteiger partial charge < -0.3 is 14.7 Å². The molecule has 19 heavy (non-hydrogen) atoms. The van der Waals surface area contributed by atoms with Gasteiger partial charge in [0, 0.05) is 20.2 Å². The molecular formula is C14H18ClNO3. The predicted octanol–water partition coefficient (Wildman–Crippen LogP) is 3.04. The monoisotopic (exact) mass is 283 g/mol. The highest BCUT2D eigenvalue weighted by molar-refractivity contribution is 6.33. The molecule has 0 amide bonds. The van der Waals surface area contributed by atoms with Crippen LogP contribution in [0.15, 0.2) is 18.2 Å². The van der Waals surface area contributed by atoms with Crippen molar-refractivity contribution >= 4 is 23.3 Å². The molecule has 1 aliphatic rings. The van der Waals surface area contributed by atoms with Gasteiger partial charge in [-0.1, -0.05) is 11.6 Å². The van der Waals surface area contributed by atoms with Crippen LogP contribution < -0.4 is 4.90 Å². The highest BCUT2D eigenvalue weighted by Gasteiger charge is 2.18. The van der Waals surface area contributed by atoms with Gasteiger partial charge in [0.2, 0.25) is 0 Å². The molecule has 1 atom stereocenters. The van der Waals surface area contributed by atoms with Crippen molar-refractivity contribution in [2.45, 2.75) is 25.4 Å². The normalized spacial score (nSPS) is 19.2. The Morgan fingerprint density at radius 3 is 2.89 bits per heavy atom. The molecule has 4 nitrogen and oxygen atoms in total. The molecule has 0 radical (unpaired) electrons. The molecule has 1 N–H and O–H groups in total. The minimum Gasteiger partial charge on any atom is -0.478 e. The lowest BCUT2D eigenvalue weighted by molar-refractivity contribution is 0.0216. The first kappa shape index (κ1) is 14.2. The Kier molecular flexibility index (Phi) is 4.66. The van der Waals surface area contributed by atoms with E-state index in [0.29, 0.717) is 5.02 Å². The van der Waals surface area contributed by atoms with Gasteiger partial charge in [0.1, 0.15) is 0 Å². The highest BCUT2D eigenvalue weighted by Crippen LogP contribution is 2.27. The number of halogens is 1. The van der Waals surface area contributed by atoms with E-state index < -0.39 is 5.97 Å². The summed E-state index contributed by atoms with van der Waals surface area (Å²) in [5, 5.41) is 9.36. The lowest BCUT2D eigenvalue weighted by Crippen LogP contribution is -2.33. The number of nitrogens with zero attached hydrogens (tertiary/aromatic N) is 1. The molecule has 1 aromatic carbocycles. The number of carboxylic acids is 1. The van der Waals surface area contributed by atoms with Crippen molar-refractivity contribution in [3.63, 3.8) is 0 Å². The van der Waals surface area contributed by atoms with E-state index in [9.17, 15) is 4.79 Å². The number of hydrogen-bond acceptors (Lipinski definition) is 3. The average Bonchev–Trinajstić information content (AvgIpc) is 2.39. The number of hydrogen-bond donors (Lipinski definition) is 1. The number of carbonyl (C=O) groups is 1. The fourth-order valence-electron chi connectivity index (χ4n) is 2.30. The maximum Gasteiger partial charge on any atom is 0.335 e. The van der Waals surface area contributed by atoms with Crippen LogP contribution in [0.3, 0.4) is 0 Å². The van der Waals surface area contributed by atoms with E-state index in [1.165, 1.54) is 12.5 Å². The van der Waals surface area contributed by atoms with Crippen molar-refractivity contribution in [2.24, 2.45) is 0 Å². The van der Waals surface area contributed by atoms with E-state index in [1.54, 1.807) is 12.1 Å². The van der Waals surface area contributed by atoms with Crippen LogP contribution in [0.2, 0.25) is 5.02 Å². The maximum absolute atomic E-state index is 10.9. The Balaban J connectivity index is 2.05. The zero-order valence-electron chi connectivity index (χ0n) is 10.9. The van der Waals surface area contributed by atoms with E-state index in [1.807, 2.05) is 11.9 Å². The Morgan fingerprint density at radius 1 is 1.53 bits per heavy atom. The molecule has 1 saturated heterocycles. The summed E-state index contributed by atoms with van der Waals surface area (Å²) in [6.45, 7) is 1.59. The van der Waals surface area contributed by atoms with E-state index in [4.69, 9.17) is 21.4 Å². The van der Waals surface area contributed by atoms with Crippen LogP contribution in [-0.4, -0.2) is 37.4 Å². The zero-order valence-corrected chi connectivity index (χ0v) is 11.7. The Morgan fingerprint density at radius 2 is 2.32 bits per heavy atom. The van der Waals surface area contributed by atoms with E-state index in [2.05, 4.69) is 0 Å². The summed E-state index contributed by atoms with van der Waals surface area (Å²) in [5.41, 5.74) is 1.04. The Labute approximate surface area is 117 Å². The second kappa shape index (κ2) is 6.26. The SMILES string of the molecule is CN(CC1CCCCO1)c1ccc(C(=O)O)cc1Cl. The van der Waals surface area contributed by atoms with Crippen molar-refractivity contribution in [3.8, 4) is 0 Å². The number of rotatable bonds is 4. The van der Waals surface area contributed by atoms with Crippen LogP contribution in [0.5, 0.6) is 0 Å². The third-order valence-corrected chi connectivity index (χ3v) is 3.66. The molecular weight excluding hydrogens is 266 g/mol. The molecule has 1 heterocycles. The van der Waals surface area contributed by atoms with Crippen molar-refractivity contribution in [2.75, 3.05) is 25.1 Å². The lowest BCUT2D eigenvalue weighted by Gasteiger charge is -2.29. The first-order valence-electron chi connectivity index (χ1n) is 6.43. The van der Waals surface area contributed by atoms with Crippen LogP contribution in [0.4, 0.5) is 5.69 Å². The molecule has 1 unspecified atom stereocenters. The molecule has 0 saturated carbocycles. The van der Waals surface area contributed by atoms with Gasteiger partial charge in [0.05, 0.1) is 22.4 Å². The van der Waals surface area contributed by atoms with Crippen molar-refractivity contribution < 1.29 is 14.6 Å². The first-order valence-corrected chi connectivity index (χ1v) is 6.81. The molecule has 104 valence electrons. The van der Waals surface area contributed by atoms with Crippen LogP contribution in [0.25, 0.3) is 0 Å². The summed E-state index contributed by atoms with van der Waals surface area (Å²) in [4.78, 5) is 12.9. The summed E-state index contributed by atoms with van der Waals surface area (Å²) < 4.78 is 5.69. The van der Waals surface area contributed by atoms with Crippen molar-refractivity contribution in [3.05, 3.63) is 28.8 Å². The van der Waals surface area contributed by atoms with Crippen LogP contribution in [0.1, 0.15) is 29.6 Å². The second-order valence-corrected chi connectivity index (χ2v) is 5.25. The van der Waals surface area contributed by atoms with Gasteiger partial charge in [0.25, 0.3) is 0 Å². The Hall–Kier alpha value is -1.26. The van der Waals surface area contributed by atoms with Gasteiger partial charge >= 0.3 is 5.97 Å².